The highest BCUT2D eigenvalue weighted by atomic mass is 16.1. The Bertz CT molecular complexity index is 632. The summed E-state index contributed by atoms with van der Waals surface area (Å²) in [7, 11) is 1.82. The zero-order chi connectivity index (χ0) is 14.7. The number of amides is 1. The minimum Gasteiger partial charge on any atom is -0.370 e. The van der Waals surface area contributed by atoms with Crippen LogP contribution < -0.4 is 10.6 Å². The second kappa shape index (κ2) is 5.73. The number of rotatable bonds is 4. The predicted molar refractivity (Wildman–Crippen MR) is 79.0 cm³/mol. The summed E-state index contributed by atoms with van der Waals surface area (Å²) in [5.74, 6) is 0.548. The lowest BCUT2D eigenvalue weighted by atomic mass is 10.2. The molecule has 0 atom stereocenters. The molecule has 0 saturated heterocycles. The molecule has 0 aliphatic heterocycles. The molecule has 0 aliphatic rings. The van der Waals surface area contributed by atoms with Crippen molar-refractivity contribution in [1.29, 1.82) is 0 Å². The molecule has 0 bridgehead atoms. The van der Waals surface area contributed by atoms with Gasteiger partial charge in [0.25, 0.3) is 5.91 Å². The summed E-state index contributed by atoms with van der Waals surface area (Å²) >= 11 is 0. The van der Waals surface area contributed by atoms with E-state index in [2.05, 4.69) is 20.7 Å². The topological polar surface area (TPSA) is 71.8 Å². The molecule has 0 saturated carbocycles. The van der Waals surface area contributed by atoms with Gasteiger partial charge in [-0.05, 0) is 32.9 Å². The molecule has 1 amide bonds. The van der Waals surface area contributed by atoms with Crippen molar-refractivity contribution in [1.82, 2.24) is 14.8 Å². The molecule has 0 unspecified atom stereocenters. The summed E-state index contributed by atoms with van der Waals surface area (Å²) < 4.78 is 1.67. The van der Waals surface area contributed by atoms with Crippen molar-refractivity contribution in [2.45, 2.75) is 20.8 Å². The molecule has 0 fully saturated rings. The number of anilines is 2. The summed E-state index contributed by atoms with van der Waals surface area (Å²) in [4.78, 5) is 16.6. The van der Waals surface area contributed by atoms with Gasteiger partial charge in [0.2, 0.25) is 0 Å². The van der Waals surface area contributed by atoms with Crippen LogP contribution >= 0.6 is 0 Å². The predicted octanol–water partition coefficient (Wildman–Crippen LogP) is 2.12. The molecule has 2 aromatic heterocycles. The lowest BCUT2D eigenvalue weighted by Crippen LogP contribution is -2.13. The Kier molecular flexibility index (Phi) is 4.02. The second-order valence-corrected chi connectivity index (χ2v) is 4.67. The van der Waals surface area contributed by atoms with Gasteiger partial charge in [-0.25, -0.2) is 4.98 Å². The van der Waals surface area contributed by atoms with Crippen LogP contribution in [0.1, 0.15) is 28.7 Å². The Labute approximate surface area is 118 Å². The lowest BCUT2D eigenvalue weighted by molar-refractivity contribution is 0.102. The van der Waals surface area contributed by atoms with Crippen LogP contribution in [0.4, 0.5) is 11.5 Å². The van der Waals surface area contributed by atoms with Crippen molar-refractivity contribution >= 4 is 17.4 Å². The number of pyridine rings is 1. The number of carbonyl (C=O) groups excluding carboxylic acids is 1. The summed E-state index contributed by atoms with van der Waals surface area (Å²) in [6.07, 6.45) is 1.78. The number of hydrogen-bond acceptors (Lipinski definition) is 4. The molecule has 0 aliphatic carbocycles. The molecule has 2 aromatic rings. The zero-order valence-electron chi connectivity index (χ0n) is 12.2. The van der Waals surface area contributed by atoms with Crippen molar-refractivity contribution in [2.75, 3.05) is 17.2 Å². The molecule has 2 heterocycles. The molecular formula is C14H19N5O. The highest BCUT2D eigenvalue weighted by molar-refractivity contribution is 6.05. The highest BCUT2D eigenvalue weighted by Crippen LogP contribution is 2.15. The van der Waals surface area contributed by atoms with Gasteiger partial charge >= 0.3 is 0 Å². The van der Waals surface area contributed by atoms with E-state index in [1.165, 1.54) is 0 Å². The van der Waals surface area contributed by atoms with Crippen LogP contribution in [-0.4, -0.2) is 27.2 Å². The van der Waals surface area contributed by atoms with E-state index in [9.17, 15) is 4.79 Å². The third-order valence-electron chi connectivity index (χ3n) is 2.84. The van der Waals surface area contributed by atoms with Crippen LogP contribution in [0.25, 0.3) is 0 Å². The van der Waals surface area contributed by atoms with E-state index in [4.69, 9.17) is 0 Å². The fourth-order valence-corrected chi connectivity index (χ4v) is 1.99. The van der Waals surface area contributed by atoms with Crippen LogP contribution in [0.3, 0.4) is 0 Å². The average molecular weight is 273 g/mol. The van der Waals surface area contributed by atoms with Gasteiger partial charge < -0.3 is 10.6 Å². The molecule has 20 heavy (non-hydrogen) atoms. The van der Waals surface area contributed by atoms with Crippen LogP contribution in [0.5, 0.6) is 0 Å². The Morgan fingerprint density at radius 2 is 2.10 bits per heavy atom. The van der Waals surface area contributed by atoms with E-state index >= 15 is 0 Å². The Hall–Kier alpha value is -2.37. The Morgan fingerprint density at radius 1 is 1.35 bits per heavy atom. The summed E-state index contributed by atoms with van der Waals surface area (Å²) in [5, 5.41) is 10.2. The molecule has 2 rings (SSSR count). The molecule has 106 valence electrons. The van der Waals surface area contributed by atoms with Crippen molar-refractivity contribution in [3.63, 3.8) is 0 Å². The van der Waals surface area contributed by atoms with Gasteiger partial charge in [-0.15, -0.1) is 0 Å². The number of aryl methyl sites for hydroxylation is 3. The van der Waals surface area contributed by atoms with E-state index in [1.807, 2.05) is 27.8 Å². The molecular weight excluding hydrogens is 254 g/mol. The fraction of sp³-hybridized carbons (Fsp3) is 0.357. The third-order valence-corrected chi connectivity index (χ3v) is 2.84. The number of carbonyl (C=O) groups is 1. The average Bonchev–Trinajstić information content (AvgIpc) is 2.67. The monoisotopic (exact) mass is 273 g/mol. The van der Waals surface area contributed by atoms with Crippen LogP contribution in [0.15, 0.2) is 18.3 Å². The first-order valence-electron chi connectivity index (χ1n) is 6.53. The SMILES string of the molecule is CCNc1cc(C(=O)Nc2cn(C)nc2C)cc(C)n1. The van der Waals surface area contributed by atoms with Gasteiger partial charge in [-0.1, -0.05) is 0 Å². The minimum absolute atomic E-state index is 0.161. The van der Waals surface area contributed by atoms with E-state index in [0.717, 1.165) is 23.6 Å². The van der Waals surface area contributed by atoms with E-state index in [-0.39, 0.29) is 5.91 Å². The summed E-state index contributed by atoms with van der Waals surface area (Å²) in [6, 6.07) is 3.51. The van der Waals surface area contributed by atoms with Gasteiger partial charge in [0.15, 0.2) is 0 Å². The van der Waals surface area contributed by atoms with Crippen LogP contribution in [0.2, 0.25) is 0 Å². The first kappa shape index (κ1) is 14.0. The van der Waals surface area contributed by atoms with Crippen molar-refractivity contribution in [2.24, 2.45) is 7.05 Å². The maximum absolute atomic E-state index is 12.3. The quantitative estimate of drug-likeness (QED) is 0.895. The zero-order valence-corrected chi connectivity index (χ0v) is 12.2. The molecule has 2 N–H and O–H groups in total. The van der Waals surface area contributed by atoms with Gasteiger partial charge in [-0.2, -0.15) is 5.10 Å². The van der Waals surface area contributed by atoms with Gasteiger partial charge in [0.05, 0.1) is 11.4 Å². The summed E-state index contributed by atoms with van der Waals surface area (Å²) in [5.41, 5.74) is 2.89. The largest absolute Gasteiger partial charge is 0.370 e. The van der Waals surface area contributed by atoms with Crippen molar-refractivity contribution in [3.05, 3.63) is 35.3 Å². The van der Waals surface area contributed by atoms with E-state index in [0.29, 0.717) is 11.4 Å². The normalized spacial score (nSPS) is 10.4. The molecule has 0 radical (unpaired) electrons. The maximum Gasteiger partial charge on any atom is 0.255 e. The molecule has 0 spiro atoms. The highest BCUT2D eigenvalue weighted by Gasteiger charge is 2.11. The Balaban J connectivity index is 2.22. The Morgan fingerprint density at radius 3 is 2.70 bits per heavy atom. The summed E-state index contributed by atoms with van der Waals surface area (Å²) in [6.45, 7) is 6.48. The van der Waals surface area contributed by atoms with Crippen molar-refractivity contribution < 1.29 is 4.79 Å². The smallest absolute Gasteiger partial charge is 0.255 e. The molecule has 0 aromatic carbocycles. The lowest BCUT2D eigenvalue weighted by Gasteiger charge is -2.08. The standard InChI is InChI=1S/C14H19N5O/c1-5-15-13-7-11(6-9(2)16-13)14(20)17-12-8-19(4)18-10(12)3/h6-8H,5H2,1-4H3,(H,15,16)(H,17,20). The first-order valence-corrected chi connectivity index (χ1v) is 6.53. The minimum atomic E-state index is -0.161. The van der Waals surface area contributed by atoms with Gasteiger partial charge in [-0.3, -0.25) is 9.48 Å². The van der Waals surface area contributed by atoms with Crippen LogP contribution in [0, 0.1) is 13.8 Å². The maximum atomic E-state index is 12.3. The number of hydrogen-bond donors (Lipinski definition) is 2. The number of nitrogens with one attached hydrogen (secondary N) is 2. The first-order chi connectivity index (χ1) is 9.49. The van der Waals surface area contributed by atoms with E-state index in [1.54, 1.807) is 23.0 Å². The fourth-order valence-electron chi connectivity index (χ4n) is 1.99. The molecule has 6 heteroatoms. The second-order valence-electron chi connectivity index (χ2n) is 4.67. The number of nitrogens with zero attached hydrogens (tertiary/aromatic N) is 3. The van der Waals surface area contributed by atoms with E-state index < -0.39 is 0 Å². The van der Waals surface area contributed by atoms with Gasteiger partial charge in [0.1, 0.15) is 5.82 Å². The van der Waals surface area contributed by atoms with Crippen LogP contribution in [-0.2, 0) is 7.05 Å². The molecule has 6 nitrogen and oxygen atoms in total. The third kappa shape index (κ3) is 3.14. The van der Waals surface area contributed by atoms with Crippen molar-refractivity contribution in [3.8, 4) is 0 Å². The van der Waals surface area contributed by atoms with Gasteiger partial charge in [0, 0.05) is 31.0 Å². The number of aromatic nitrogens is 3.